The van der Waals surface area contributed by atoms with Gasteiger partial charge in [-0.1, -0.05) is 27.7 Å². The topological polar surface area (TPSA) is 60.4 Å². The minimum Gasteiger partial charge on any atom is -0.298 e. The number of rotatable bonds is 10. The van der Waals surface area contributed by atoms with Crippen LogP contribution in [0.5, 0.6) is 0 Å². The molecule has 0 unspecified atom stereocenters. The lowest BCUT2D eigenvalue weighted by Crippen LogP contribution is -2.63. The van der Waals surface area contributed by atoms with Gasteiger partial charge in [-0.05, 0) is 11.5 Å². The van der Waals surface area contributed by atoms with Gasteiger partial charge in [0.25, 0.3) is 0 Å². The van der Waals surface area contributed by atoms with Crippen LogP contribution in [0.15, 0.2) is 0 Å². The molecule has 0 saturated heterocycles. The molecule has 28 heavy (non-hydrogen) atoms. The number of carbonyl (C=O) groups is 1. The molecule has 0 saturated carbocycles. The molecule has 0 aliphatic rings. The number of carbonyl (C=O) groups excluding carboxylic acids is 1. The Bertz CT molecular complexity index is 668. The predicted octanol–water partition coefficient (Wildman–Crippen LogP) is 4.74. The second-order valence-electron chi connectivity index (χ2n) is 5.99. The SMILES string of the molecule is CCS(CC)(CC(=O)C(C)C)OS(=O)(=O)C(F)(F)C(F)(F)C(F)(F)C(F)(F)F. The number of ketones is 1. The Kier molecular flexibility index (Phi) is 8.00. The molecule has 0 aromatic carbocycles. The van der Waals surface area contributed by atoms with Crippen LogP contribution >= 0.6 is 10.3 Å². The summed E-state index contributed by atoms with van der Waals surface area (Å²) < 4.78 is 144. The van der Waals surface area contributed by atoms with Crippen molar-refractivity contribution in [3.8, 4) is 0 Å². The van der Waals surface area contributed by atoms with Crippen LogP contribution in [0.4, 0.5) is 39.5 Å². The van der Waals surface area contributed by atoms with Gasteiger partial charge in [-0.25, -0.2) is 3.63 Å². The number of hydrogen-bond donors (Lipinski definition) is 0. The second kappa shape index (κ2) is 8.20. The zero-order valence-electron chi connectivity index (χ0n) is 15.0. The Balaban J connectivity index is 6.24. The van der Waals surface area contributed by atoms with Crippen molar-refractivity contribution in [3.63, 3.8) is 0 Å². The van der Waals surface area contributed by atoms with Gasteiger partial charge in [0, 0.05) is 5.92 Å². The van der Waals surface area contributed by atoms with Gasteiger partial charge >= 0.3 is 33.4 Å². The molecule has 0 fully saturated rings. The summed E-state index contributed by atoms with van der Waals surface area (Å²) in [6, 6.07) is 0. The highest BCUT2D eigenvalue weighted by atomic mass is 32.3. The molecule has 4 nitrogen and oxygen atoms in total. The summed E-state index contributed by atoms with van der Waals surface area (Å²) in [6.45, 7) is 5.06. The first-order valence-corrected chi connectivity index (χ1v) is 11.1. The maximum absolute atomic E-state index is 13.8. The van der Waals surface area contributed by atoms with Crippen molar-refractivity contribution in [1.29, 1.82) is 0 Å². The molecule has 0 rings (SSSR count). The fourth-order valence-electron chi connectivity index (χ4n) is 1.70. The molecular weight excluding hydrogens is 455 g/mol. The summed E-state index contributed by atoms with van der Waals surface area (Å²) in [7, 11) is -10.4. The number of Topliss-reactive ketones (excluding diaryl/α,β-unsaturated/α-hetero) is 1. The Morgan fingerprint density at radius 2 is 1.25 bits per heavy atom. The number of alkyl halides is 9. The summed E-state index contributed by atoms with van der Waals surface area (Å²) in [4.78, 5) is 11.8. The molecule has 0 aromatic rings. The normalized spacial score (nSPS) is 15.8. The monoisotopic (exact) mass is 474 g/mol. The van der Waals surface area contributed by atoms with Crippen molar-refractivity contribution in [2.24, 2.45) is 5.92 Å². The van der Waals surface area contributed by atoms with E-state index in [0.29, 0.717) is 0 Å². The quantitative estimate of drug-likeness (QED) is 0.429. The highest BCUT2D eigenvalue weighted by Gasteiger charge is 2.86. The lowest BCUT2D eigenvalue weighted by atomic mass is 10.1. The molecule has 0 radical (unpaired) electrons. The first kappa shape index (κ1) is 27.3. The van der Waals surface area contributed by atoms with Crippen LogP contribution < -0.4 is 0 Å². The van der Waals surface area contributed by atoms with Crippen LogP contribution in [0.1, 0.15) is 27.7 Å². The van der Waals surface area contributed by atoms with Crippen molar-refractivity contribution >= 4 is 26.2 Å². The van der Waals surface area contributed by atoms with E-state index in [1.54, 1.807) is 0 Å². The zero-order chi connectivity index (χ0) is 23.0. The van der Waals surface area contributed by atoms with Gasteiger partial charge in [-0.3, -0.25) is 4.79 Å². The van der Waals surface area contributed by atoms with Crippen LogP contribution in [0.25, 0.3) is 0 Å². The Labute approximate surface area is 157 Å². The minimum absolute atomic E-state index is 0.432. The average molecular weight is 474 g/mol. The van der Waals surface area contributed by atoms with Gasteiger partial charge in [0.2, 0.25) is 0 Å². The molecule has 0 aliphatic heterocycles. The Hall–Kier alpha value is -0.700. The average Bonchev–Trinajstić information content (AvgIpc) is 2.51. The van der Waals surface area contributed by atoms with E-state index in [-0.39, 0.29) is 0 Å². The summed E-state index contributed by atoms with van der Waals surface area (Å²) >= 11 is 0. The Morgan fingerprint density at radius 3 is 1.54 bits per heavy atom. The lowest BCUT2D eigenvalue weighted by Gasteiger charge is -2.39. The number of hydrogen-bond acceptors (Lipinski definition) is 4. The van der Waals surface area contributed by atoms with Crippen LogP contribution in [-0.4, -0.2) is 54.7 Å². The van der Waals surface area contributed by atoms with E-state index in [1.807, 2.05) is 0 Å². The zero-order valence-corrected chi connectivity index (χ0v) is 16.7. The van der Waals surface area contributed by atoms with Crippen LogP contribution in [-0.2, 0) is 18.5 Å². The molecule has 0 spiro atoms. The molecule has 15 heteroatoms. The van der Waals surface area contributed by atoms with Gasteiger partial charge in [0.15, 0.2) is 0 Å². The highest BCUT2D eigenvalue weighted by Crippen LogP contribution is 2.58. The van der Waals surface area contributed by atoms with E-state index < -0.39 is 72.7 Å². The van der Waals surface area contributed by atoms with Crippen molar-refractivity contribution in [2.45, 2.75) is 51.0 Å². The minimum atomic E-state index is -7.37. The van der Waals surface area contributed by atoms with Gasteiger partial charge in [0.1, 0.15) is 5.78 Å². The van der Waals surface area contributed by atoms with Crippen LogP contribution in [0.2, 0.25) is 0 Å². The van der Waals surface area contributed by atoms with Gasteiger partial charge < -0.3 is 0 Å². The third kappa shape index (κ3) is 4.71. The van der Waals surface area contributed by atoms with E-state index in [4.69, 9.17) is 0 Å². The molecule has 0 N–H and O–H groups in total. The first-order valence-electron chi connectivity index (χ1n) is 7.60. The largest absolute Gasteiger partial charge is 0.460 e. The fourth-order valence-corrected chi connectivity index (χ4v) is 6.64. The standard InChI is InChI=1S/C13H19F9O4S2/c1-5-27(6-2,7-9(23)8(3)4)26-28(24,25)13(21,22)11(16,17)10(14,15)12(18,19)20/h8H,5-7H2,1-4H3. The lowest BCUT2D eigenvalue weighted by molar-refractivity contribution is -0.382. The van der Waals surface area contributed by atoms with E-state index in [9.17, 15) is 52.7 Å². The smallest absolute Gasteiger partial charge is 0.298 e. The maximum atomic E-state index is 13.8. The predicted molar refractivity (Wildman–Crippen MR) is 84.3 cm³/mol. The van der Waals surface area contributed by atoms with Crippen molar-refractivity contribution in [1.82, 2.24) is 0 Å². The highest BCUT2D eigenvalue weighted by molar-refractivity contribution is 8.33. The second-order valence-corrected chi connectivity index (χ2v) is 11.3. The van der Waals surface area contributed by atoms with Crippen molar-refractivity contribution in [2.75, 3.05) is 17.3 Å². The van der Waals surface area contributed by atoms with Crippen LogP contribution in [0.3, 0.4) is 0 Å². The molecule has 0 amide bonds. The molecule has 0 heterocycles. The molecule has 0 aliphatic carbocycles. The third-order valence-electron chi connectivity index (χ3n) is 3.77. The molecule has 170 valence electrons. The van der Waals surface area contributed by atoms with Gasteiger partial charge in [0.05, 0.1) is 5.75 Å². The Morgan fingerprint density at radius 1 is 0.857 bits per heavy atom. The van der Waals surface area contributed by atoms with Gasteiger partial charge in [-0.2, -0.15) is 47.9 Å². The molecular formula is C13H19F9O4S2. The maximum Gasteiger partial charge on any atom is 0.460 e. The first-order chi connectivity index (χ1) is 12.2. The van der Waals surface area contributed by atoms with Crippen molar-refractivity contribution < 1.29 is 56.4 Å². The molecule has 0 atom stereocenters. The van der Waals surface area contributed by atoms with Crippen LogP contribution in [0, 0.1) is 5.92 Å². The summed E-state index contributed by atoms with van der Waals surface area (Å²) in [5.74, 6) is -17.8. The van der Waals surface area contributed by atoms with E-state index >= 15 is 0 Å². The fraction of sp³-hybridized carbons (Fsp3) is 0.923. The van der Waals surface area contributed by atoms with E-state index in [2.05, 4.69) is 3.63 Å². The third-order valence-corrected chi connectivity index (χ3v) is 9.44. The summed E-state index contributed by atoms with van der Waals surface area (Å²) in [5, 5.41) is -6.93. The van der Waals surface area contributed by atoms with Gasteiger partial charge in [-0.15, -0.1) is 10.3 Å². The molecule has 0 aromatic heterocycles. The number of halogens is 9. The molecule has 0 bridgehead atoms. The van der Waals surface area contributed by atoms with E-state index in [1.165, 1.54) is 27.7 Å². The summed E-state index contributed by atoms with van der Waals surface area (Å²) in [5.41, 5.74) is 0. The van der Waals surface area contributed by atoms with Crippen molar-refractivity contribution in [3.05, 3.63) is 0 Å². The summed E-state index contributed by atoms with van der Waals surface area (Å²) in [6.07, 6.45) is -7.16. The van der Waals surface area contributed by atoms with E-state index in [0.717, 1.165) is 0 Å².